The fourth-order valence-corrected chi connectivity index (χ4v) is 3.00. The van der Waals surface area contributed by atoms with Crippen molar-refractivity contribution in [2.24, 2.45) is 0 Å². The number of nitrogens with zero attached hydrogens (tertiary/aromatic N) is 2. The molecule has 0 unspecified atom stereocenters. The summed E-state index contributed by atoms with van der Waals surface area (Å²) >= 11 is 3.62. The highest BCUT2D eigenvalue weighted by atomic mass is 79.9. The summed E-state index contributed by atoms with van der Waals surface area (Å²) in [5.74, 6) is 1.18. The van der Waals surface area contributed by atoms with Crippen molar-refractivity contribution in [3.8, 4) is 0 Å². The number of fused-ring (bicyclic) bond motifs is 1. The van der Waals surface area contributed by atoms with E-state index in [-0.39, 0.29) is 0 Å². The summed E-state index contributed by atoms with van der Waals surface area (Å²) in [5.41, 5.74) is 2.41. The second-order valence-corrected chi connectivity index (χ2v) is 5.78. The molecule has 0 spiro atoms. The Morgan fingerprint density at radius 2 is 2.11 bits per heavy atom. The third kappa shape index (κ3) is 2.62. The first-order valence-electron chi connectivity index (χ1n) is 7.04. The number of benzene rings is 1. The summed E-state index contributed by atoms with van der Waals surface area (Å²) in [4.78, 5) is 7.43. The van der Waals surface area contributed by atoms with Crippen LogP contribution >= 0.6 is 15.9 Å². The van der Waals surface area contributed by atoms with Crippen LogP contribution in [0, 0.1) is 0 Å². The van der Waals surface area contributed by atoms with Crippen LogP contribution in [0.15, 0.2) is 30.3 Å². The summed E-state index contributed by atoms with van der Waals surface area (Å²) < 4.78 is 0. The van der Waals surface area contributed by atoms with E-state index in [1.807, 2.05) is 0 Å². The number of anilines is 1. The monoisotopic (exact) mass is 318 g/mol. The topological polar surface area (TPSA) is 16.1 Å². The first-order chi connectivity index (χ1) is 9.33. The van der Waals surface area contributed by atoms with Gasteiger partial charge in [0.05, 0.1) is 5.52 Å². The van der Waals surface area contributed by atoms with E-state index in [2.05, 4.69) is 58.1 Å². The molecule has 1 aliphatic rings. The highest BCUT2D eigenvalue weighted by Crippen LogP contribution is 2.34. The minimum atomic E-state index is 0.714. The largest absolute Gasteiger partial charge is 0.353 e. The zero-order valence-electron chi connectivity index (χ0n) is 11.3. The van der Waals surface area contributed by atoms with Gasteiger partial charge >= 0.3 is 0 Å². The molecule has 0 amide bonds. The van der Waals surface area contributed by atoms with Gasteiger partial charge in [0, 0.05) is 28.9 Å². The standard InChI is InChI=1S/C16H19BrN2/c1-2-9-19(14-7-8-14)16-13(11-17)10-12-5-3-4-6-15(12)18-16/h3-6,10,14H,2,7-9,11H2,1H3. The smallest absolute Gasteiger partial charge is 0.133 e. The average molecular weight is 319 g/mol. The minimum Gasteiger partial charge on any atom is -0.353 e. The lowest BCUT2D eigenvalue weighted by atomic mass is 10.1. The Balaban J connectivity index is 2.08. The zero-order valence-corrected chi connectivity index (χ0v) is 12.9. The van der Waals surface area contributed by atoms with Gasteiger partial charge in [-0.1, -0.05) is 41.1 Å². The Morgan fingerprint density at radius 3 is 2.79 bits per heavy atom. The van der Waals surface area contributed by atoms with Crippen LogP contribution in [0.25, 0.3) is 10.9 Å². The summed E-state index contributed by atoms with van der Waals surface area (Å²) in [5, 5.41) is 2.10. The molecule has 1 aromatic heterocycles. The maximum Gasteiger partial charge on any atom is 0.133 e. The van der Waals surface area contributed by atoms with Crippen LogP contribution < -0.4 is 4.90 Å². The van der Waals surface area contributed by atoms with Gasteiger partial charge in [-0.05, 0) is 31.4 Å². The number of pyridine rings is 1. The molecule has 0 bridgehead atoms. The predicted octanol–water partition coefficient (Wildman–Crippen LogP) is 4.51. The van der Waals surface area contributed by atoms with E-state index in [1.165, 1.54) is 36.0 Å². The molecule has 1 aliphatic carbocycles. The Labute approximate surface area is 123 Å². The molecule has 100 valence electrons. The van der Waals surface area contributed by atoms with Gasteiger partial charge in [-0.2, -0.15) is 0 Å². The molecular weight excluding hydrogens is 300 g/mol. The number of rotatable bonds is 5. The normalized spacial score (nSPS) is 14.8. The number of alkyl halides is 1. The van der Waals surface area contributed by atoms with Crippen LogP contribution in [0.3, 0.4) is 0 Å². The van der Waals surface area contributed by atoms with Crippen LogP contribution in [0.5, 0.6) is 0 Å². The van der Waals surface area contributed by atoms with Crippen LogP contribution in [0.4, 0.5) is 5.82 Å². The van der Waals surface area contributed by atoms with E-state index in [9.17, 15) is 0 Å². The van der Waals surface area contributed by atoms with Crippen molar-refractivity contribution in [1.29, 1.82) is 0 Å². The highest BCUT2D eigenvalue weighted by Gasteiger charge is 2.30. The molecular formula is C16H19BrN2. The maximum atomic E-state index is 4.92. The molecule has 1 heterocycles. The van der Waals surface area contributed by atoms with E-state index in [0.717, 1.165) is 17.4 Å². The van der Waals surface area contributed by atoms with Gasteiger partial charge in [0.2, 0.25) is 0 Å². The van der Waals surface area contributed by atoms with Crippen LogP contribution in [-0.4, -0.2) is 17.6 Å². The second kappa shape index (κ2) is 5.49. The lowest BCUT2D eigenvalue weighted by Gasteiger charge is -2.25. The van der Waals surface area contributed by atoms with E-state index in [1.54, 1.807) is 0 Å². The molecule has 2 aromatic rings. The summed E-state index contributed by atoms with van der Waals surface area (Å²) in [7, 11) is 0. The van der Waals surface area contributed by atoms with Crippen LogP contribution in [-0.2, 0) is 5.33 Å². The van der Waals surface area contributed by atoms with Gasteiger partial charge in [-0.3, -0.25) is 0 Å². The number of hydrogen-bond donors (Lipinski definition) is 0. The van der Waals surface area contributed by atoms with Gasteiger partial charge in [-0.25, -0.2) is 4.98 Å². The lowest BCUT2D eigenvalue weighted by molar-refractivity contribution is 0.749. The van der Waals surface area contributed by atoms with Gasteiger partial charge in [0.15, 0.2) is 0 Å². The van der Waals surface area contributed by atoms with Crippen molar-refractivity contribution in [2.75, 3.05) is 11.4 Å². The van der Waals surface area contributed by atoms with Gasteiger partial charge in [0.1, 0.15) is 5.82 Å². The number of para-hydroxylation sites is 1. The van der Waals surface area contributed by atoms with Gasteiger partial charge in [0.25, 0.3) is 0 Å². The third-order valence-electron chi connectivity index (χ3n) is 3.65. The Kier molecular flexibility index (Phi) is 3.74. The van der Waals surface area contributed by atoms with Gasteiger partial charge in [-0.15, -0.1) is 0 Å². The molecule has 19 heavy (non-hydrogen) atoms. The quantitative estimate of drug-likeness (QED) is 0.754. The van der Waals surface area contributed by atoms with Crippen molar-refractivity contribution in [2.45, 2.75) is 37.6 Å². The van der Waals surface area contributed by atoms with Crippen LogP contribution in [0.1, 0.15) is 31.7 Å². The van der Waals surface area contributed by atoms with Crippen molar-refractivity contribution in [1.82, 2.24) is 4.98 Å². The Morgan fingerprint density at radius 1 is 1.32 bits per heavy atom. The molecule has 1 aromatic carbocycles. The number of halogens is 1. The molecule has 1 fully saturated rings. The Hall–Kier alpha value is -1.09. The van der Waals surface area contributed by atoms with Crippen molar-refractivity contribution in [3.63, 3.8) is 0 Å². The molecule has 2 nitrogen and oxygen atoms in total. The molecule has 0 N–H and O–H groups in total. The molecule has 0 saturated heterocycles. The van der Waals surface area contributed by atoms with Crippen LogP contribution in [0.2, 0.25) is 0 Å². The van der Waals surface area contributed by atoms with E-state index < -0.39 is 0 Å². The first-order valence-corrected chi connectivity index (χ1v) is 8.17. The summed E-state index contributed by atoms with van der Waals surface area (Å²) in [6, 6.07) is 11.4. The van der Waals surface area contributed by atoms with E-state index in [0.29, 0.717) is 6.04 Å². The maximum absolute atomic E-state index is 4.92. The molecule has 0 aliphatic heterocycles. The number of aromatic nitrogens is 1. The fourth-order valence-electron chi connectivity index (χ4n) is 2.59. The average Bonchev–Trinajstić information content (AvgIpc) is 3.28. The summed E-state index contributed by atoms with van der Waals surface area (Å²) in [6.07, 6.45) is 3.80. The predicted molar refractivity (Wildman–Crippen MR) is 85.0 cm³/mol. The first kappa shape index (κ1) is 12.9. The van der Waals surface area contributed by atoms with Crippen molar-refractivity contribution >= 4 is 32.7 Å². The third-order valence-corrected chi connectivity index (χ3v) is 4.25. The molecule has 0 atom stereocenters. The lowest BCUT2D eigenvalue weighted by Crippen LogP contribution is -2.28. The molecule has 3 rings (SSSR count). The Bertz CT molecular complexity index is 578. The molecule has 0 radical (unpaired) electrons. The number of hydrogen-bond acceptors (Lipinski definition) is 2. The molecule has 3 heteroatoms. The van der Waals surface area contributed by atoms with Crippen molar-refractivity contribution in [3.05, 3.63) is 35.9 Å². The van der Waals surface area contributed by atoms with Gasteiger partial charge < -0.3 is 4.90 Å². The fraction of sp³-hybridized carbons (Fsp3) is 0.438. The molecule has 1 saturated carbocycles. The van der Waals surface area contributed by atoms with E-state index >= 15 is 0 Å². The minimum absolute atomic E-state index is 0.714. The van der Waals surface area contributed by atoms with Crippen molar-refractivity contribution < 1.29 is 0 Å². The highest BCUT2D eigenvalue weighted by molar-refractivity contribution is 9.08. The van der Waals surface area contributed by atoms with E-state index in [4.69, 9.17) is 4.98 Å². The summed E-state index contributed by atoms with van der Waals surface area (Å²) in [6.45, 7) is 3.35. The zero-order chi connectivity index (χ0) is 13.2. The second-order valence-electron chi connectivity index (χ2n) is 5.22. The SMILES string of the molecule is CCCN(c1nc2ccccc2cc1CBr)C1CC1.